The minimum absolute atomic E-state index is 0.0398. The highest BCUT2D eigenvalue weighted by molar-refractivity contribution is 5.77. The Morgan fingerprint density at radius 3 is 2.72 bits per heavy atom. The molecule has 0 aliphatic carbocycles. The highest BCUT2D eigenvalue weighted by Gasteiger charge is 2.04. The fraction of sp³-hybridized carbons (Fsp3) is 0.357. The number of nitrogens with one attached hydrogen (secondary N) is 1. The van der Waals surface area contributed by atoms with E-state index in [-0.39, 0.29) is 25.1 Å². The van der Waals surface area contributed by atoms with Crippen LogP contribution in [0.15, 0.2) is 24.3 Å². The highest BCUT2D eigenvalue weighted by atomic mass is 16.5. The molecule has 0 aromatic heterocycles. The van der Waals surface area contributed by atoms with Gasteiger partial charge in [-0.15, -0.1) is 6.42 Å². The number of terminal acetylenes is 1. The van der Waals surface area contributed by atoms with E-state index in [1.165, 1.54) is 0 Å². The van der Waals surface area contributed by atoms with Gasteiger partial charge >= 0.3 is 0 Å². The number of ether oxygens (including phenoxy) is 1. The van der Waals surface area contributed by atoms with Gasteiger partial charge in [0.25, 0.3) is 5.91 Å². The van der Waals surface area contributed by atoms with E-state index in [0.717, 1.165) is 12.0 Å². The molecule has 1 amide bonds. The molecule has 0 bridgehead atoms. The Labute approximate surface area is 108 Å². The third kappa shape index (κ3) is 4.48. The van der Waals surface area contributed by atoms with E-state index in [9.17, 15) is 4.79 Å². The Hall–Kier alpha value is -1.99. The smallest absolute Gasteiger partial charge is 0.258 e. The van der Waals surface area contributed by atoms with Crippen molar-refractivity contribution >= 4 is 5.91 Å². The highest BCUT2D eigenvalue weighted by Crippen LogP contribution is 2.18. The monoisotopic (exact) mass is 246 g/mol. The van der Waals surface area contributed by atoms with Crippen LogP contribution in [0.25, 0.3) is 0 Å². The van der Waals surface area contributed by atoms with Crippen molar-refractivity contribution in [3.05, 3.63) is 29.8 Å². The van der Waals surface area contributed by atoms with Crippen LogP contribution in [0.5, 0.6) is 5.75 Å². The number of hydrogen-bond acceptors (Lipinski definition) is 3. The van der Waals surface area contributed by atoms with Crippen molar-refractivity contribution in [3.63, 3.8) is 0 Å². The summed E-state index contributed by atoms with van der Waals surface area (Å²) in [5.74, 6) is 2.72. The molecule has 0 aliphatic rings. The van der Waals surface area contributed by atoms with Crippen LogP contribution < -0.4 is 15.8 Å². The molecule has 0 fully saturated rings. The van der Waals surface area contributed by atoms with Gasteiger partial charge in [-0.3, -0.25) is 4.79 Å². The lowest BCUT2D eigenvalue weighted by atomic mass is 10.1. The van der Waals surface area contributed by atoms with E-state index in [4.69, 9.17) is 16.9 Å². The van der Waals surface area contributed by atoms with Gasteiger partial charge in [0.1, 0.15) is 5.75 Å². The zero-order chi connectivity index (χ0) is 13.4. The molecule has 1 atom stereocenters. The van der Waals surface area contributed by atoms with E-state index in [0.29, 0.717) is 5.75 Å². The predicted molar refractivity (Wildman–Crippen MR) is 71.0 cm³/mol. The Morgan fingerprint density at radius 1 is 1.50 bits per heavy atom. The molecular weight excluding hydrogens is 228 g/mol. The van der Waals surface area contributed by atoms with Gasteiger partial charge in [0.2, 0.25) is 0 Å². The van der Waals surface area contributed by atoms with Gasteiger partial charge in [-0.2, -0.15) is 0 Å². The lowest BCUT2D eigenvalue weighted by molar-refractivity contribution is -0.122. The molecular formula is C14H18N2O2. The van der Waals surface area contributed by atoms with Crippen LogP contribution in [-0.2, 0) is 4.79 Å². The maximum Gasteiger partial charge on any atom is 0.258 e. The van der Waals surface area contributed by atoms with Crippen molar-refractivity contribution in [2.24, 2.45) is 5.73 Å². The number of carbonyl (C=O) groups excluding carboxylic acids is 1. The summed E-state index contributed by atoms with van der Waals surface area (Å²) in [4.78, 5) is 11.2. The Morgan fingerprint density at radius 2 is 2.17 bits per heavy atom. The molecule has 4 nitrogen and oxygen atoms in total. The summed E-state index contributed by atoms with van der Waals surface area (Å²) in [5, 5.41) is 2.52. The van der Waals surface area contributed by atoms with Gasteiger partial charge < -0.3 is 15.8 Å². The van der Waals surface area contributed by atoms with Crippen LogP contribution in [0.2, 0.25) is 0 Å². The van der Waals surface area contributed by atoms with E-state index < -0.39 is 0 Å². The van der Waals surface area contributed by atoms with Crippen LogP contribution in [0.3, 0.4) is 0 Å². The van der Waals surface area contributed by atoms with Crippen molar-refractivity contribution in [3.8, 4) is 18.1 Å². The van der Waals surface area contributed by atoms with Crippen molar-refractivity contribution in [1.29, 1.82) is 0 Å². The fourth-order valence-electron chi connectivity index (χ4n) is 1.40. The molecule has 3 N–H and O–H groups in total. The molecule has 1 rings (SSSR count). The second-order valence-electron chi connectivity index (χ2n) is 3.85. The first-order chi connectivity index (χ1) is 8.67. The quantitative estimate of drug-likeness (QED) is 0.742. The van der Waals surface area contributed by atoms with Gasteiger partial charge in [-0.1, -0.05) is 25.0 Å². The third-order valence-electron chi connectivity index (χ3n) is 2.51. The number of amides is 1. The molecule has 0 heterocycles. The van der Waals surface area contributed by atoms with E-state index in [1.807, 2.05) is 19.1 Å². The number of carbonyl (C=O) groups is 1. The zero-order valence-electron chi connectivity index (χ0n) is 10.5. The molecule has 0 saturated carbocycles. The topological polar surface area (TPSA) is 64.3 Å². The molecule has 18 heavy (non-hydrogen) atoms. The lowest BCUT2D eigenvalue weighted by Crippen LogP contribution is -2.29. The predicted octanol–water partition coefficient (Wildman–Crippen LogP) is 1.22. The van der Waals surface area contributed by atoms with Crippen LogP contribution in [0, 0.1) is 12.3 Å². The molecule has 96 valence electrons. The maximum atomic E-state index is 11.2. The molecule has 0 spiro atoms. The average molecular weight is 246 g/mol. The largest absolute Gasteiger partial charge is 0.484 e. The molecule has 1 aromatic rings. The summed E-state index contributed by atoms with van der Waals surface area (Å²) in [7, 11) is 0. The standard InChI is InChI=1S/C14H18N2O2/c1-3-9-16-14(17)10-18-12-7-5-11(6-8-12)13(15)4-2/h1,5-8,13H,4,9-10,15H2,2H3,(H,16,17). The van der Waals surface area contributed by atoms with Crippen LogP contribution in [0.4, 0.5) is 0 Å². The number of hydrogen-bond donors (Lipinski definition) is 2. The van der Waals surface area contributed by atoms with Crippen molar-refractivity contribution in [2.75, 3.05) is 13.2 Å². The Bertz CT molecular complexity index is 420. The molecule has 0 saturated heterocycles. The number of nitrogens with two attached hydrogens (primary N) is 1. The normalized spacial score (nSPS) is 11.4. The first-order valence-electron chi connectivity index (χ1n) is 5.85. The summed E-state index contributed by atoms with van der Waals surface area (Å²) in [6, 6.07) is 7.46. The van der Waals surface area contributed by atoms with Crippen molar-refractivity contribution < 1.29 is 9.53 Å². The minimum Gasteiger partial charge on any atom is -0.484 e. The van der Waals surface area contributed by atoms with Crippen molar-refractivity contribution in [2.45, 2.75) is 19.4 Å². The van der Waals surface area contributed by atoms with Crippen LogP contribution >= 0.6 is 0 Å². The fourth-order valence-corrected chi connectivity index (χ4v) is 1.40. The first kappa shape index (κ1) is 14.1. The Kier molecular flexibility index (Phi) is 5.75. The first-order valence-corrected chi connectivity index (χ1v) is 5.85. The van der Waals surface area contributed by atoms with Crippen LogP contribution in [-0.4, -0.2) is 19.1 Å². The summed E-state index contributed by atoms with van der Waals surface area (Å²) in [6.45, 7) is 2.21. The molecule has 4 heteroatoms. The van der Waals surface area contributed by atoms with Gasteiger partial charge in [0.15, 0.2) is 6.61 Å². The summed E-state index contributed by atoms with van der Waals surface area (Å²) in [6.07, 6.45) is 5.91. The van der Waals surface area contributed by atoms with Gasteiger partial charge in [0, 0.05) is 6.04 Å². The third-order valence-corrected chi connectivity index (χ3v) is 2.51. The summed E-state index contributed by atoms with van der Waals surface area (Å²) < 4.78 is 5.31. The van der Waals surface area contributed by atoms with Gasteiger partial charge in [-0.05, 0) is 24.1 Å². The minimum atomic E-state index is -0.234. The summed E-state index contributed by atoms with van der Waals surface area (Å²) in [5.41, 5.74) is 6.95. The molecule has 0 aliphatic heterocycles. The molecule has 1 unspecified atom stereocenters. The SMILES string of the molecule is C#CCNC(=O)COc1ccc(C(N)CC)cc1. The van der Waals surface area contributed by atoms with E-state index in [1.54, 1.807) is 12.1 Å². The summed E-state index contributed by atoms with van der Waals surface area (Å²) >= 11 is 0. The van der Waals surface area contributed by atoms with Crippen molar-refractivity contribution in [1.82, 2.24) is 5.32 Å². The molecule has 1 aromatic carbocycles. The molecule has 0 radical (unpaired) electrons. The Balaban J connectivity index is 2.44. The van der Waals surface area contributed by atoms with E-state index in [2.05, 4.69) is 11.2 Å². The lowest BCUT2D eigenvalue weighted by Gasteiger charge is -2.10. The van der Waals surface area contributed by atoms with Gasteiger partial charge in [-0.25, -0.2) is 0 Å². The second kappa shape index (κ2) is 7.36. The average Bonchev–Trinajstić information content (AvgIpc) is 2.42. The van der Waals surface area contributed by atoms with Gasteiger partial charge in [0.05, 0.1) is 6.54 Å². The maximum absolute atomic E-state index is 11.2. The number of rotatable bonds is 6. The van der Waals surface area contributed by atoms with Crippen LogP contribution in [0.1, 0.15) is 24.9 Å². The van der Waals surface area contributed by atoms with E-state index >= 15 is 0 Å². The zero-order valence-corrected chi connectivity index (χ0v) is 10.5. The number of benzene rings is 1. The second-order valence-corrected chi connectivity index (χ2v) is 3.85.